The van der Waals surface area contributed by atoms with Crippen LogP contribution in [0.4, 0.5) is 0 Å². The van der Waals surface area contributed by atoms with Crippen LogP contribution in [0.5, 0.6) is 0 Å². The van der Waals surface area contributed by atoms with Crippen LogP contribution in [-0.2, 0) is 0 Å². The topological polar surface area (TPSA) is 15.3 Å². The second-order valence-electron chi connectivity index (χ2n) is 7.68. The summed E-state index contributed by atoms with van der Waals surface area (Å²) in [4.78, 5) is 2.77. The van der Waals surface area contributed by atoms with E-state index in [4.69, 9.17) is 0 Å². The van der Waals surface area contributed by atoms with E-state index < -0.39 is 0 Å². The van der Waals surface area contributed by atoms with Gasteiger partial charge < -0.3 is 5.32 Å². The number of rotatable bonds is 2. The summed E-state index contributed by atoms with van der Waals surface area (Å²) in [5.41, 5.74) is 0.736. The van der Waals surface area contributed by atoms with Crippen molar-refractivity contribution in [3.63, 3.8) is 0 Å². The zero-order valence-electron chi connectivity index (χ0n) is 12.4. The third-order valence-electron chi connectivity index (χ3n) is 6.79. The molecule has 0 aromatic heterocycles. The molecule has 2 aliphatic heterocycles. The minimum absolute atomic E-state index is 0.736. The number of hydrogen-bond acceptors (Lipinski definition) is 2. The van der Waals surface area contributed by atoms with Gasteiger partial charge in [-0.2, -0.15) is 0 Å². The summed E-state index contributed by atoms with van der Waals surface area (Å²) in [5, 5.41) is 4.13. The molecule has 0 amide bonds. The predicted molar refractivity (Wildman–Crippen MR) is 79.3 cm³/mol. The van der Waals surface area contributed by atoms with Gasteiger partial charge in [-0.1, -0.05) is 25.7 Å². The first-order valence-electron chi connectivity index (χ1n) is 8.88. The molecule has 19 heavy (non-hydrogen) atoms. The van der Waals surface area contributed by atoms with Crippen LogP contribution in [0.3, 0.4) is 0 Å². The molecule has 108 valence electrons. The molecule has 2 heteroatoms. The minimum Gasteiger partial charge on any atom is -0.309 e. The van der Waals surface area contributed by atoms with E-state index in [-0.39, 0.29) is 0 Å². The van der Waals surface area contributed by atoms with Crippen molar-refractivity contribution in [1.82, 2.24) is 10.2 Å². The van der Waals surface area contributed by atoms with Gasteiger partial charge in [0.25, 0.3) is 0 Å². The first kappa shape index (κ1) is 12.6. The van der Waals surface area contributed by atoms with E-state index in [1.807, 2.05) is 0 Å². The fourth-order valence-corrected chi connectivity index (χ4v) is 5.51. The van der Waals surface area contributed by atoms with Gasteiger partial charge in [0.2, 0.25) is 0 Å². The van der Waals surface area contributed by atoms with Gasteiger partial charge in [-0.25, -0.2) is 0 Å². The first-order valence-corrected chi connectivity index (χ1v) is 8.88. The molecular weight excluding hydrogens is 232 g/mol. The van der Waals surface area contributed by atoms with Crippen LogP contribution in [0.15, 0.2) is 0 Å². The fraction of sp³-hybridized carbons (Fsp3) is 1.00. The quantitative estimate of drug-likeness (QED) is 0.821. The van der Waals surface area contributed by atoms with Crippen molar-refractivity contribution < 1.29 is 0 Å². The standard InChI is InChI=1S/C17H30N2/c1-3-9-17(10-4-1)11-7-16(17)18-14-8-13-19-12-5-2-6-15(14)19/h14-16,18H,1-13H2. The van der Waals surface area contributed by atoms with Crippen molar-refractivity contribution in [2.24, 2.45) is 5.41 Å². The Kier molecular flexibility index (Phi) is 3.35. The van der Waals surface area contributed by atoms with E-state index in [0.717, 1.165) is 23.5 Å². The Hall–Kier alpha value is -0.0800. The average molecular weight is 262 g/mol. The average Bonchev–Trinajstić information content (AvgIpc) is 2.88. The summed E-state index contributed by atoms with van der Waals surface area (Å²) in [6, 6.07) is 2.58. The zero-order chi connectivity index (χ0) is 12.7. The van der Waals surface area contributed by atoms with Crippen LogP contribution >= 0.6 is 0 Å². The predicted octanol–water partition coefficient (Wildman–Crippen LogP) is 3.32. The largest absolute Gasteiger partial charge is 0.309 e. The van der Waals surface area contributed by atoms with E-state index in [1.54, 1.807) is 0 Å². The van der Waals surface area contributed by atoms with Crippen molar-refractivity contribution in [2.45, 2.75) is 88.8 Å². The van der Waals surface area contributed by atoms with Gasteiger partial charge >= 0.3 is 0 Å². The third kappa shape index (κ3) is 2.15. The van der Waals surface area contributed by atoms with Crippen LogP contribution in [0.2, 0.25) is 0 Å². The highest BCUT2D eigenvalue weighted by Crippen LogP contribution is 2.52. The van der Waals surface area contributed by atoms with Gasteiger partial charge in [-0.05, 0) is 56.9 Å². The summed E-state index contributed by atoms with van der Waals surface area (Å²) in [5.74, 6) is 0. The molecule has 2 aliphatic carbocycles. The highest BCUT2D eigenvalue weighted by molar-refractivity contribution is 5.05. The van der Waals surface area contributed by atoms with Crippen LogP contribution in [0.1, 0.15) is 70.6 Å². The van der Waals surface area contributed by atoms with E-state index in [2.05, 4.69) is 10.2 Å². The molecule has 0 bridgehead atoms. The molecule has 4 fully saturated rings. The number of piperidine rings is 1. The lowest BCUT2D eigenvalue weighted by atomic mass is 9.57. The summed E-state index contributed by atoms with van der Waals surface area (Å²) in [6.07, 6.45) is 16.3. The molecule has 2 heterocycles. The van der Waals surface area contributed by atoms with Crippen molar-refractivity contribution in [3.8, 4) is 0 Å². The maximum Gasteiger partial charge on any atom is 0.0249 e. The molecule has 4 aliphatic rings. The Labute approximate surface area is 118 Å². The molecule has 4 rings (SSSR count). The molecule has 2 nitrogen and oxygen atoms in total. The molecule has 0 aromatic rings. The Morgan fingerprint density at radius 1 is 0.789 bits per heavy atom. The molecule has 1 N–H and O–H groups in total. The van der Waals surface area contributed by atoms with Crippen LogP contribution < -0.4 is 5.32 Å². The van der Waals surface area contributed by atoms with Crippen LogP contribution in [0.25, 0.3) is 0 Å². The van der Waals surface area contributed by atoms with Crippen molar-refractivity contribution in [3.05, 3.63) is 0 Å². The SMILES string of the molecule is C1CCC2(CC1)CCC2NC1CCN2CCCCC12. The summed E-state index contributed by atoms with van der Waals surface area (Å²) >= 11 is 0. The van der Waals surface area contributed by atoms with E-state index >= 15 is 0 Å². The summed E-state index contributed by atoms with van der Waals surface area (Å²) in [6.45, 7) is 2.74. The molecular formula is C17H30N2. The summed E-state index contributed by atoms with van der Waals surface area (Å²) in [7, 11) is 0. The van der Waals surface area contributed by atoms with E-state index in [9.17, 15) is 0 Å². The first-order chi connectivity index (χ1) is 9.37. The lowest BCUT2D eigenvalue weighted by Gasteiger charge is -2.54. The molecule has 2 saturated heterocycles. The van der Waals surface area contributed by atoms with Crippen LogP contribution in [-0.4, -0.2) is 36.1 Å². The smallest absolute Gasteiger partial charge is 0.0249 e. The lowest BCUT2D eigenvalue weighted by Crippen LogP contribution is -2.59. The van der Waals surface area contributed by atoms with Crippen molar-refractivity contribution in [1.29, 1.82) is 0 Å². The minimum atomic E-state index is 0.736. The molecule has 0 aromatic carbocycles. The van der Waals surface area contributed by atoms with E-state index in [0.29, 0.717) is 0 Å². The van der Waals surface area contributed by atoms with Gasteiger partial charge in [0, 0.05) is 24.7 Å². The lowest BCUT2D eigenvalue weighted by molar-refractivity contribution is 0.0122. The molecule has 0 radical (unpaired) electrons. The Morgan fingerprint density at radius 3 is 2.47 bits per heavy atom. The maximum atomic E-state index is 4.13. The van der Waals surface area contributed by atoms with Gasteiger partial charge in [-0.15, -0.1) is 0 Å². The normalized spacial score (nSPS) is 42.0. The molecule has 2 saturated carbocycles. The number of nitrogens with zero attached hydrogens (tertiary/aromatic N) is 1. The number of fused-ring (bicyclic) bond motifs is 1. The van der Waals surface area contributed by atoms with Gasteiger partial charge in [-0.3, -0.25) is 4.90 Å². The second-order valence-corrected chi connectivity index (χ2v) is 7.68. The highest BCUT2D eigenvalue weighted by Gasteiger charge is 2.48. The monoisotopic (exact) mass is 262 g/mol. The molecule has 3 unspecified atom stereocenters. The van der Waals surface area contributed by atoms with Gasteiger partial charge in [0.1, 0.15) is 0 Å². The highest BCUT2D eigenvalue weighted by atomic mass is 15.2. The van der Waals surface area contributed by atoms with Gasteiger partial charge in [0.05, 0.1) is 0 Å². The van der Waals surface area contributed by atoms with Crippen LogP contribution in [0, 0.1) is 5.41 Å². The molecule has 1 spiro atoms. The Morgan fingerprint density at radius 2 is 1.68 bits per heavy atom. The van der Waals surface area contributed by atoms with Gasteiger partial charge in [0.15, 0.2) is 0 Å². The second kappa shape index (κ2) is 5.04. The summed E-state index contributed by atoms with van der Waals surface area (Å²) < 4.78 is 0. The maximum absolute atomic E-state index is 4.13. The third-order valence-corrected chi connectivity index (χ3v) is 6.79. The Bertz CT molecular complexity index is 321. The number of hydrogen-bond donors (Lipinski definition) is 1. The van der Waals surface area contributed by atoms with Crippen molar-refractivity contribution >= 4 is 0 Å². The Balaban J connectivity index is 1.39. The van der Waals surface area contributed by atoms with E-state index in [1.165, 1.54) is 83.7 Å². The fourth-order valence-electron chi connectivity index (χ4n) is 5.51. The van der Waals surface area contributed by atoms with Crippen molar-refractivity contribution in [2.75, 3.05) is 13.1 Å². The number of nitrogens with one attached hydrogen (secondary N) is 1. The zero-order valence-corrected chi connectivity index (χ0v) is 12.4. The molecule has 3 atom stereocenters.